The summed E-state index contributed by atoms with van der Waals surface area (Å²) in [6, 6.07) is 2.19. The molecule has 0 bridgehead atoms. The minimum atomic E-state index is -5.98. The number of hydrogen-bond acceptors (Lipinski definition) is 6. The van der Waals surface area contributed by atoms with E-state index in [2.05, 4.69) is 9.59 Å². The Labute approximate surface area is 175 Å². The van der Waals surface area contributed by atoms with Crippen molar-refractivity contribution in [3.8, 4) is 0 Å². The number of halogens is 6. The Kier molecular flexibility index (Phi) is 5.84. The highest BCUT2D eigenvalue weighted by Gasteiger charge is 2.71. The van der Waals surface area contributed by atoms with Gasteiger partial charge in [0.2, 0.25) is 0 Å². The number of nitrogens with zero attached hydrogens (tertiary/aromatic N) is 3. The SMILES string of the molecule is CC[C@H]1CN(C(=O)c2snnc2C)c2ccc(C(O)(C(F)(F)F)C(F)(F)F)cc2S1. The molecule has 30 heavy (non-hydrogen) atoms. The van der Waals surface area contributed by atoms with Gasteiger partial charge < -0.3 is 10.0 Å². The summed E-state index contributed by atoms with van der Waals surface area (Å²) in [5.41, 5.74) is -5.84. The molecule has 5 nitrogen and oxygen atoms in total. The standard InChI is InChI=1S/C17H15F6N3O2S2/c1-3-10-7-26(14(27)13-8(2)24-25-30-13)11-5-4-9(6-12(11)29-10)15(28,16(18,19)20)17(21,22)23/h4-6,10,28H,3,7H2,1-2H3/t10-/m0/s1. The van der Waals surface area contributed by atoms with E-state index in [1.54, 1.807) is 13.8 Å². The van der Waals surface area contributed by atoms with E-state index in [4.69, 9.17) is 0 Å². The molecule has 0 spiro atoms. The van der Waals surface area contributed by atoms with Crippen molar-refractivity contribution in [2.75, 3.05) is 11.4 Å². The highest BCUT2D eigenvalue weighted by molar-refractivity contribution is 8.00. The third-order valence-corrected chi connectivity index (χ3v) is 6.93. The largest absolute Gasteiger partial charge is 0.430 e. The number of alkyl halides is 6. The number of carbonyl (C=O) groups is 1. The smallest absolute Gasteiger partial charge is 0.369 e. The zero-order valence-electron chi connectivity index (χ0n) is 15.5. The van der Waals surface area contributed by atoms with Gasteiger partial charge in [0, 0.05) is 22.3 Å². The quantitative estimate of drug-likeness (QED) is 0.658. The number of aromatic nitrogens is 2. The van der Waals surface area contributed by atoms with Crippen molar-refractivity contribution >= 4 is 34.9 Å². The van der Waals surface area contributed by atoms with Gasteiger partial charge in [0.05, 0.1) is 11.4 Å². The lowest BCUT2D eigenvalue weighted by molar-refractivity contribution is -0.376. The maximum Gasteiger partial charge on any atom is 0.430 e. The first-order valence-electron chi connectivity index (χ1n) is 8.59. The number of hydrogen-bond donors (Lipinski definition) is 1. The zero-order chi connectivity index (χ0) is 22.5. The average Bonchev–Trinajstić information content (AvgIpc) is 3.09. The van der Waals surface area contributed by atoms with Crippen LogP contribution in [-0.2, 0) is 5.60 Å². The molecule has 3 rings (SSSR count). The summed E-state index contributed by atoms with van der Waals surface area (Å²) in [7, 11) is 0. The Hall–Kier alpha value is -1.86. The van der Waals surface area contributed by atoms with Gasteiger partial charge in [-0.2, -0.15) is 26.3 Å². The van der Waals surface area contributed by atoms with Gasteiger partial charge in [0.15, 0.2) is 0 Å². The zero-order valence-corrected chi connectivity index (χ0v) is 17.1. The second kappa shape index (κ2) is 7.68. The summed E-state index contributed by atoms with van der Waals surface area (Å²) in [6.45, 7) is 3.58. The molecule has 1 aliphatic rings. The number of anilines is 1. The van der Waals surface area contributed by atoms with E-state index in [9.17, 15) is 36.2 Å². The molecule has 1 aromatic heterocycles. The molecule has 2 heterocycles. The monoisotopic (exact) mass is 471 g/mol. The van der Waals surface area contributed by atoms with E-state index in [-0.39, 0.29) is 27.3 Å². The van der Waals surface area contributed by atoms with Gasteiger partial charge in [-0.05, 0) is 37.0 Å². The molecule has 2 aromatic rings. The van der Waals surface area contributed by atoms with Gasteiger partial charge in [-0.15, -0.1) is 16.9 Å². The van der Waals surface area contributed by atoms with Crippen LogP contribution in [0.3, 0.4) is 0 Å². The second-order valence-corrected chi connectivity index (χ2v) is 8.74. The topological polar surface area (TPSA) is 66.3 Å². The lowest BCUT2D eigenvalue weighted by Crippen LogP contribution is -2.54. The Balaban J connectivity index is 2.12. The predicted molar refractivity (Wildman–Crippen MR) is 98.7 cm³/mol. The van der Waals surface area contributed by atoms with Crippen LogP contribution in [0.25, 0.3) is 0 Å². The molecule has 0 unspecified atom stereocenters. The fourth-order valence-electron chi connectivity index (χ4n) is 3.02. The number of thioether (sulfide) groups is 1. The van der Waals surface area contributed by atoms with Gasteiger partial charge in [-0.25, -0.2) is 0 Å². The highest BCUT2D eigenvalue weighted by Crippen LogP contribution is 2.52. The van der Waals surface area contributed by atoms with Crippen molar-refractivity contribution in [1.82, 2.24) is 9.59 Å². The van der Waals surface area contributed by atoms with Crippen molar-refractivity contribution in [3.05, 3.63) is 34.3 Å². The average molecular weight is 471 g/mol. The summed E-state index contributed by atoms with van der Waals surface area (Å²) in [4.78, 5) is 14.5. The molecule has 0 fully saturated rings. The van der Waals surface area contributed by atoms with Crippen molar-refractivity contribution in [2.24, 2.45) is 0 Å². The van der Waals surface area contributed by atoms with Gasteiger partial charge in [-0.3, -0.25) is 4.79 Å². The third-order valence-electron chi connectivity index (χ3n) is 4.71. The minimum absolute atomic E-state index is 0.0426. The predicted octanol–water partition coefficient (Wildman–Crippen LogP) is 4.69. The lowest BCUT2D eigenvalue weighted by Gasteiger charge is -2.36. The summed E-state index contributed by atoms with van der Waals surface area (Å²) in [5, 5.41) is 13.2. The van der Waals surface area contributed by atoms with Crippen LogP contribution in [0, 0.1) is 6.92 Å². The van der Waals surface area contributed by atoms with E-state index in [1.165, 1.54) is 4.90 Å². The molecule has 1 aromatic carbocycles. The molecule has 0 saturated carbocycles. The van der Waals surface area contributed by atoms with Crippen molar-refractivity contribution < 1.29 is 36.2 Å². The first-order chi connectivity index (χ1) is 13.8. The van der Waals surface area contributed by atoms with Crippen molar-refractivity contribution in [3.63, 3.8) is 0 Å². The maximum absolute atomic E-state index is 13.2. The number of benzene rings is 1. The normalized spacial score (nSPS) is 17.8. The molecule has 1 N–H and O–H groups in total. The first-order valence-corrected chi connectivity index (χ1v) is 10.2. The molecular weight excluding hydrogens is 456 g/mol. The van der Waals surface area contributed by atoms with Crippen LogP contribution >= 0.6 is 23.3 Å². The summed E-state index contributed by atoms with van der Waals surface area (Å²) >= 11 is 1.92. The van der Waals surface area contributed by atoms with E-state index in [0.29, 0.717) is 24.2 Å². The Morgan fingerprint density at radius 2 is 1.87 bits per heavy atom. The number of amides is 1. The second-order valence-electron chi connectivity index (χ2n) is 6.64. The third kappa shape index (κ3) is 3.66. The van der Waals surface area contributed by atoms with Crippen LogP contribution in [0.15, 0.2) is 23.1 Å². The number of aryl methyl sites for hydroxylation is 1. The molecule has 164 valence electrons. The summed E-state index contributed by atoms with van der Waals surface area (Å²) in [5.74, 6) is -0.489. The van der Waals surface area contributed by atoms with Crippen LogP contribution in [0.5, 0.6) is 0 Å². The molecule has 13 heteroatoms. The molecule has 1 amide bonds. The summed E-state index contributed by atoms with van der Waals surface area (Å²) in [6.07, 6.45) is -11.4. The highest BCUT2D eigenvalue weighted by atomic mass is 32.2. The van der Waals surface area contributed by atoms with Crippen LogP contribution in [-0.4, -0.2) is 44.7 Å². The molecule has 0 saturated heterocycles. The van der Waals surface area contributed by atoms with E-state index < -0.39 is 29.4 Å². The van der Waals surface area contributed by atoms with E-state index in [1.807, 2.05) is 0 Å². The van der Waals surface area contributed by atoms with Crippen LogP contribution in [0.4, 0.5) is 32.0 Å². The molecular formula is C17H15F6N3O2S2. The Bertz CT molecular complexity index is 946. The molecule has 0 aliphatic carbocycles. The number of carbonyl (C=O) groups excluding carboxylic acids is 1. The Morgan fingerprint density at radius 3 is 2.37 bits per heavy atom. The van der Waals surface area contributed by atoms with Gasteiger partial charge in [-0.1, -0.05) is 17.5 Å². The van der Waals surface area contributed by atoms with Crippen molar-refractivity contribution in [2.45, 2.75) is 48.4 Å². The van der Waals surface area contributed by atoms with Gasteiger partial charge in [0.1, 0.15) is 4.88 Å². The van der Waals surface area contributed by atoms with Crippen LogP contribution in [0.1, 0.15) is 34.3 Å². The molecule has 0 radical (unpaired) electrons. The number of fused-ring (bicyclic) bond motifs is 1. The molecule has 1 aliphatic heterocycles. The number of aliphatic hydroxyl groups is 1. The van der Waals surface area contributed by atoms with E-state index >= 15 is 0 Å². The minimum Gasteiger partial charge on any atom is -0.369 e. The van der Waals surface area contributed by atoms with E-state index in [0.717, 1.165) is 29.4 Å². The van der Waals surface area contributed by atoms with Gasteiger partial charge in [0.25, 0.3) is 11.5 Å². The lowest BCUT2D eigenvalue weighted by atomic mass is 9.92. The van der Waals surface area contributed by atoms with Crippen LogP contribution < -0.4 is 4.90 Å². The summed E-state index contributed by atoms with van der Waals surface area (Å²) < 4.78 is 83.1. The molecule has 1 atom stereocenters. The Morgan fingerprint density at radius 1 is 1.23 bits per heavy atom. The fourth-order valence-corrected chi connectivity index (χ4v) is 4.87. The maximum atomic E-state index is 13.2. The number of rotatable bonds is 3. The van der Waals surface area contributed by atoms with Crippen LogP contribution in [0.2, 0.25) is 0 Å². The first kappa shape index (κ1) is 22.8. The van der Waals surface area contributed by atoms with Crippen molar-refractivity contribution in [1.29, 1.82) is 0 Å². The fraction of sp³-hybridized carbons (Fsp3) is 0.471. The van der Waals surface area contributed by atoms with Gasteiger partial charge >= 0.3 is 12.4 Å².